The Morgan fingerprint density at radius 1 is 1.07 bits per heavy atom. The number of benzene rings is 1. The van der Waals surface area contributed by atoms with Crippen LogP contribution in [0.25, 0.3) is 0 Å². The first kappa shape index (κ1) is 12.2. The highest BCUT2D eigenvalue weighted by Crippen LogP contribution is 2.01. The van der Waals surface area contributed by atoms with Gasteiger partial charge in [0.05, 0.1) is 6.61 Å². The Hall–Kier alpha value is -0.860. The molecule has 0 fully saturated rings. The van der Waals surface area contributed by atoms with Crippen molar-refractivity contribution in [1.29, 1.82) is 0 Å². The fourth-order valence-corrected chi connectivity index (χ4v) is 1.32. The average Bonchev–Trinajstić information content (AvgIpc) is 2.28. The van der Waals surface area contributed by atoms with E-state index in [1.165, 1.54) is 5.56 Å². The minimum atomic E-state index is -0.0892. The van der Waals surface area contributed by atoms with Gasteiger partial charge in [-0.25, -0.2) is 0 Å². The highest BCUT2D eigenvalue weighted by Gasteiger charge is 2.00. The highest BCUT2D eigenvalue weighted by molar-refractivity contribution is 5.14. The van der Waals surface area contributed by atoms with Crippen LogP contribution in [0.2, 0.25) is 0 Å². The molecule has 0 saturated carbocycles. The van der Waals surface area contributed by atoms with E-state index in [-0.39, 0.29) is 6.29 Å². The molecule has 1 aromatic rings. The molecule has 15 heavy (non-hydrogen) atoms. The molecule has 0 bridgehead atoms. The van der Waals surface area contributed by atoms with Crippen molar-refractivity contribution in [3.8, 4) is 0 Å². The van der Waals surface area contributed by atoms with Crippen LogP contribution in [0.4, 0.5) is 0 Å². The van der Waals surface area contributed by atoms with Gasteiger partial charge >= 0.3 is 0 Å². The van der Waals surface area contributed by atoms with Gasteiger partial charge in [0.1, 0.15) is 0 Å². The van der Waals surface area contributed by atoms with Crippen LogP contribution in [0.5, 0.6) is 0 Å². The molecule has 2 heteroatoms. The molecule has 0 heterocycles. The largest absolute Gasteiger partial charge is 0.353 e. The maximum absolute atomic E-state index is 5.53. The molecule has 1 aromatic carbocycles. The second-order valence-electron chi connectivity index (χ2n) is 3.54. The third-order valence-corrected chi connectivity index (χ3v) is 2.14. The Labute approximate surface area is 92.2 Å². The third-order valence-electron chi connectivity index (χ3n) is 2.14. The van der Waals surface area contributed by atoms with Crippen molar-refractivity contribution >= 4 is 0 Å². The van der Waals surface area contributed by atoms with E-state index in [0.29, 0.717) is 0 Å². The summed E-state index contributed by atoms with van der Waals surface area (Å²) in [6.07, 6.45) is 1.89. The summed E-state index contributed by atoms with van der Waals surface area (Å²) >= 11 is 0. The summed E-state index contributed by atoms with van der Waals surface area (Å²) < 4.78 is 10.9. The normalized spacial score (nSPS) is 12.7. The van der Waals surface area contributed by atoms with Crippen molar-refractivity contribution in [3.63, 3.8) is 0 Å². The predicted molar refractivity (Wildman–Crippen MR) is 61.8 cm³/mol. The first-order valence-corrected chi connectivity index (χ1v) is 5.60. The van der Waals surface area contributed by atoms with Gasteiger partial charge in [-0.15, -0.1) is 0 Å². The van der Waals surface area contributed by atoms with Crippen LogP contribution >= 0.6 is 0 Å². The molecule has 0 amide bonds. The van der Waals surface area contributed by atoms with E-state index in [4.69, 9.17) is 9.47 Å². The van der Waals surface area contributed by atoms with Crippen LogP contribution in [0.15, 0.2) is 30.3 Å². The van der Waals surface area contributed by atoms with Crippen LogP contribution in [-0.2, 0) is 15.9 Å². The number of hydrogen-bond acceptors (Lipinski definition) is 2. The highest BCUT2D eigenvalue weighted by atomic mass is 16.7. The fourth-order valence-electron chi connectivity index (χ4n) is 1.32. The molecule has 0 N–H and O–H groups in total. The lowest BCUT2D eigenvalue weighted by Crippen LogP contribution is -2.15. The fraction of sp³-hybridized carbons (Fsp3) is 0.538. The van der Waals surface area contributed by atoms with Crippen LogP contribution in [-0.4, -0.2) is 19.5 Å². The molecule has 0 spiro atoms. The summed E-state index contributed by atoms with van der Waals surface area (Å²) in [5, 5.41) is 0. The molecular formula is C13H20O2. The zero-order chi connectivity index (χ0) is 10.9. The van der Waals surface area contributed by atoms with Gasteiger partial charge in [-0.05, 0) is 25.3 Å². The lowest BCUT2D eigenvalue weighted by Gasteiger charge is -2.13. The lowest BCUT2D eigenvalue weighted by atomic mass is 10.2. The summed E-state index contributed by atoms with van der Waals surface area (Å²) in [6, 6.07) is 10.3. The Bertz CT molecular complexity index is 246. The molecule has 1 rings (SSSR count). The SMILES string of the molecule is CCCO[C@@H](C)OCCc1ccccc1. The molecule has 1 atom stereocenters. The average molecular weight is 208 g/mol. The van der Waals surface area contributed by atoms with E-state index in [0.717, 1.165) is 26.1 Å². The maximum Gasteiger partial charge on any atom is 0.154 e. The summed E-state index contributed by atoms with van der Waals surface area (Å²) in [6.45, 7) is 5.53. The molecule has 0 aromatic heterocycles. The number of ether oxygens (including phenoxy) is 2. The second-order valence-corrected chi connectivity index (χ2v) is 3.54. The minimum Gasteiger partial charge on any atom is -0.353 e. The molecular weight excluding hydrogens is 188 g/mol. The minimum absolute atomic E-state index is 0.0892. The summed E-state index contributed by atoms with van der Waals surface area (Å²) in [5.74, 6) is 0. The molecule has 0 aliphatic carbocycles. The Balaban J connectivity index is 2.11. The van der Waals surface area contributed by atoms with E-state index in [2.05, 4.69) is 19.1 Å². The van der Waals surface area contributed by atoms with Gasteiger partial charge in [0.15, 0.2) is 6.29 Å². The molecule has 0 saturated heterocycles. The number of rotatable bonds is 7. The third kappa shape index (κ3) is 5.55. The van der Waals surface area contributed by atoms with E-state index >= 15 is 0 Å². The van der Waals surface area contributed by atoms with Crippen molar-refractivity contribution in [1.82, 2.24) is 0 Å². The molecule has 2 nitrogen and oxygen atoms in total. The topological polar surface area (TPSA) is 18.5 Å². The van der Waals surface area contributed by atoms with Crippen LogP contribution in [0.1, 0.15) is 25.8 Å². The van der Waals surface area contributed by atoms with Gasteiger partial charge in [-0.2, -0.15) is 0 Å². The van der Waals surface area contributed by atoms with Gasteiger partial charge in [-0.3, -0.25) is 0 Å². The Morgan fingerprint density at radius 2 is 1.73 bits per heavy atom. The standard InChI is InChI=1S/C13H20O2/c1-3-10-14-12(2)15-11-9-13-7-5-4-6-8-13/h4-8,12H,3,9-11H2,1-2H3/t12-/m1/s1. The Kier molecular flexibility index (Phi) is 6.05. The van der Waals surface area contributed by atoms with Crippen LogP contribution in [0.3, 0.4) is 0 Å². The van der Waals surface area contributed by atoms with Crippen LogP contribution in [0, 0.1) is 0 Å². The van der Waals surface area contributed by atoms with Gasteiger partial charge in [0.2, 0.25) is 0 Å². The smallest absolute Gasteiger partial charge is 0.154 e. The zero-order valence-electron chi connectivity index (χ0n) is 9.61. The van der Waals surface area contributed by atoms with Crippen molar-refractivity contribution in [2.45, 2.75) is 33.0 Å². The lowest BCUT2D eigenvalue weighted by molar-refractivity contribution is -0.129. The van der Waals surface area contributed by atoms with Crippen molar-refractivity contribution < 1.29 is 9.47 Å². The van der Waals surface area contributed by atoms with Crippen molar-refractivity contribution in [3.05, 3.63) is 35.9 Å². The van der Waals surface area contributed by atoms with Crippen molar-refractivity contribution in [2.75, 3.05) is 13.2 Å². The van der Waals surface area contributed by atoms with E-state index in [9.17, 15) is 0 Å². The van der Waals surface area contributed by atoms with Crippen LogP contribution < -0.4 is 0 Å². The molecule has 0 unspecified atom stereocenters. The molecule has 0 aliphatic rings. The first-order valence-electron chi connectivity index (χ1n) is 5.60. The summed E-state index contributed by atoms with van der Waals surface area (Å²) in [5.41, 5.74) is 1.31. The number of hydrogen-bond donors (Lipinski definition) is 0. The van der Waals surface area contributed by atoms with E-state index < -0.39 is 0 Å². The molecule has 0 aliphatic heterocycles. The van der Waals surface area contributed by atoms with E-state index in [1.54, 1.807) is 0 Å². The molecule has 84 valence electrons. The van der Waals surface area contributed by atoms with Gasteiger partial charge in [0, 0.05) is 6.61 Å². The summed E-state index contributed by atoms with van der Waals surface area (Å²) in [4.78, 5) is 0. The van der Waals surface area contributed by atoms with Crippen molar-refractivity contribution in [2.24, 2.45) is 0 Å². The summed E-state index contributed by atoms with van der Waals surface area (Å²) in [7, 11) is 0. The van der Waals surface area contributed by atoms with Gasteiger partial charge in [-0.1, -0.05) is 37.3 Å². The molecule has 0 radical (unpaired) electrons. The monoisotopic (exact) mass is 208 g/mol. The quantitative estimate of drug-likeness (QED) is 0.641. The maximum atomic E-state index is 5.53. The second kappa shape index (κ2) is 7.43. The predicted octanol–water partition coefficient (Wildman–Crippen LogP) is 3.02. The Morgan fingerprint density at radius 3 is 2.40 bits per heavy atom. The van der Waals surface area contributed by atoms with Gasteiger partial charge < -0.3 is 9.47 Å². The van der Waals surface area contributed by atoms with E-state index in [1.807, 2.05) is 25.1 Å². The van der Waals surface area contributed by atoms with Gasteiger partial charge in [0.25, 0.3) is 0 Å². The first-order chi connectivity index (χ1) is 7.33. The zero-order valence-corrected chi connectivity index (χ0v) is 9.61.